The van der Waals surface area contributed by atoms with E-state index in [1.165, 1.54) is 0 Å². The van der Waals surface area contributed by atoms with E-state index < -0.39 is 18.2 Å². The number of hydrogen-bond donors (Lipinski definition) is 2. The first-order valence-electron chi connectivity index (χ1n) is 6.15. The van der Waals surface area contributed by atoms with E-state index in [0.29, 0.717) is 6.42 Å². The van der Waals surface area contributed by atoms with Gasteiger partial charge in [-0.25, -0.2) is 0 Å². The number of hydrogen-bond acceptors (Lipinski definition) is 4. The lowest BCUT2D eigenvalue weighted by Crippen LogP contribution is -2.30. The van der Waals surface area contributed by atoms with Crippen molar-refractivity contribution in [1.82, 2.24) is 0 Å². The third-order valence-electron chi connectivity index (χ3n) is 3.01. The molecule has 2 N–H and O–H groups in total. The summed E-state index contributed by atoms with van der Waals surface area (Å²) in [4.78, 5) is 11.4. The van der Waals surface area contributed by atoms with Crippen LogP contribution < -0.4 is 0 Å². The van der Waals surface area contributed by atoms with Gasteiger partial charge in [0.15, 0.2) is 0 Å². The average molecular weight is 230 g/mol. The van der Waals surface area contributed by atoms with Gasteiger partial charge in [0.2, 0.25) is 0 Å². The van der Waals surface area contributed by atoms with Crippen molar-refractivity contribution in [2.24, 2.45) is 0 Å². The number of carbonyl (C=O) groups excluding carboxylic acids is 1. The maximum Gasteiger partial charge on any atom is 0.308 e. The smallest absolute Gasteiger partial charge is 0.308 e. The summed E-state index contributed by atoms with van der Waals surface area (Å²) >= 11 is 0. The van der Waals surface area contributed by atoms with Gasteiger partial charge in [0.05, 0.1) is 24.7 Å². The van der Waals surface area contributed by atoms with Crippen LogP contribution in [0.1, 0.15) is 51.9 Å². The molecule has 1 aliphatic rings. The predicted molar refractivity (Wildman–Crippen MR) is 59.9 cm³/mol. The molecule has 1 saturated heterocycles. The zero-order chi connectivity index (χ0) is 12.0. The molecule has 0 aromatic carbocycles. The summed E-state index contributed by atoms with van der Waals surface area (Å²) in [6, 6.07) is 0. The maximum absolute atomic E-state index is 11.4. The van der Waals surface area contributed by atoms with Crippen LogP contribution in [0.25, 0.3) is 0 Å². The molecule has 1 heterocycles. The molecule has 0 bridgehead atoms. The van der Waals surface area contributed by atoms with Crippen LogP contribution in [0, 0.1) is 0 Å². The second kappa shape index (κ2) is 6.86. The Kier molecular flexibility index (Phi) is 5.77. The Bertz CT molecular complexity index is 217. The zero-order valence-corrected chi connectivity index (χ0v) is 9.89. The van der Waals surface area contributed by atoms with Gasteiger partial charge in [0.1, 0.15) is 0 Å². The first kappa shape index (κ1) is 13.5. The molecule has 0 aromatic heterocycles. The van der Waals surface area contributed by atoms with Gasteiger partial charge in [-0.2, -0.15) is 0 Å². The predicted octanol–water partition coefficient (Wildman–Crippen LogP) is 1.38. The van der Waals surface area contributed by atoms with Gasteiger partial charge in [-0.3, -0.25) is 4.79 Å². The lowest BCUT2D eigenvalue weighted by molar-refractivity contribution is -0.152. The normalized spacial score (nSPS) is 34.7. The van der Waals surface area contributed by atoms with Crippen LogP contribution in [0.2, 0.25) is 0 Å². The van der Waals surface area contributed by atoms with Gasteiger partial charge >= 0.3 is 5.97 Å². The van der Waals surface area contributed by atoms with Gasteiger partial charge in [-0.15, -0.1) is 0 Å². The molecule has 4 nitrogen and oxygen atoms in total. The Morgan fingerprint density at radius 2 is 1.69 bits per heavy atom. The van der Waals surface area contributed by atoms with Crippen molar-refractivity contribution in [3.63, 3.8) is 0 Å². The Labute approximate surface area is 96.6 Å². The van der Waals surface area contributed by atoms with Gasteiger partial charge in [-0.1, -0.05) is 19.3 Å². The van der Waals surface area contributed by atoms with Crippen LogP contribution in [0.15, 0.2) is 0 Å². The standard InChI is InChI=1S/C12H22O4/c1-9-6-4-2-3-5-7-10(13)11(14)8-12(15)16-9/h9-11,13-14H,2-8H2,1H3. The third-order valence-corrected chi connectivity index (χ3v) is 3.01. The van der Waals surface area contributed by atoms with Crippen LogP contribution in [0.4, 0.5) is 0 Å². The Morgan fingerprint density at radius 3 is 2.38 bits per heavy atom. The summed E-state index contributed by atoms with van der Waals surface area (Å²) in [5.41, 5.74) is 0. The second-order valence-electron chi connectivity index (χ2n) is 4.63. The summed E-state index contributed by atoms with van der Waals surface area (Å²) in [7, 11) is 0. The molecule has 94 valence electrons. The molecule has 0 saturated carbocycles. The first-order valence-corrected chi connectivity index (χ1v) is 6.15. The van der Waals surface area contributed by atoms with Gasteiger partial charge in [-0.05, 0) is 26.2 Å². The van der Waals surface area contributed by atoms with Gasteiger partial charge < -0.3 is 14.9 Å². The lowest BCUT2D eigenvalue weighted by atomic mass is 10.0. The highest BCUT2D eigenvalue weighted by atomic mass is 16.5. The summed E-state index contributed by atoms with van der Waals surface area (Å²) in [5.74, 6) is -0.417. The van der Waals surface area contributed by atoms with E-state index in [1.807, 2.05) is 6.92 Å². The lowest BCUT2D eigenvalue weighted by Gasteiger charge is -2.20. The van der Waals surface area contributed by atoms with Crippen LogP contribution in [0.3, 0.4) is 0 Å². The number of rotatable bonds is 0. The van der Waals surface area contributed by atoms with Crippen molar-refractivity contribution in [1.29, 1.82) is 0 Å². The van der Waals surface area contributed by atoms with E-state index in [0.717, 1.165) is 32.1 Å². The van der Waals surface area contributed by atoms with Gasteiger partial charge in [0, 0.05) is 0 Å². The number of aliphatic hydroxyl groups excluding tert-OH is 2. The third kappa shape index (κ3) is 4.94. The zero-order valence-electron chi connectivity index (χ0n) is 9.89. The molecule has 16 heavy (non-hydrogen) atoms. The molecular weight excluding hydrogens is 208 g/mol. The number of esters is 1. The topological polar surface area (TPSA) is 66.8 Å². The highest BCUT2D eigenvalue weighted by Gasteiger charge is 2.21. The molecular formula is C12H22O4. The van der Waals surface area contributed by atoms with Crippen molar-refractivity contribution in [3.8, 4) is 0 Å². The summed E-state index contributed by atoms with van der Waals surface area (Å²) in [5, 5.41) is 19.2. The monoisotopic (exact) mass is 230 g/mol. The van der Waals surface area contributed by atoms with Crippen molar-refractivity contribution in [2.75, 3.05) is 0 Å². The van der Waals surface area contributed by atoms with E-state index in [2.05, 4.69) is 0 Å². The number of ether oxygens (including phenoxy) is 1. The molecule has 4 heteroatoms. The summed E-state index contributed by atoms with van der Waals surface area (Å²) in [6.45, 7) is 1.87. The van der Waals surface area contributed by atoms with E-state index in [-0.39, 0.29) is 12.5 Å². The van der Waals surface area contributed by atoms with Crippen LogP contribution in [0.5, 0.6) is 0 Å². The van der Waals surface area contributed by atoms with E-state index in [4.69, 9.17) is 4.74 Å². The molecule has 0 aromatic rings. The minimum atomic E-state index is -0.987. The second-order valence-corrected chi connectivity index (χ2v) is 4.63. The van der Waals surface area contributed by atoms with Crippen molar-refractivity contribution >= 4 is 5.97 Å². The van der Waals surface area contributed by atoms with E-state index >= 15 is 0 Å². The van der Waals surface area contributed by atoms with Crippen molar-refractivity contribution < 1.29 is 19.7 Å². The number of carbonyl (C=O) groups is 1. The molecule has 3 unspecified atom stereocenters. The SMILES string of the molecule is CC1CCCCCCC(O)C(O)CC(=O)O1. The number of aliphatic hydroxyl groups is 2. The van der Waals surface area contributed by atoms with E-state index in [1.54, 1.807) is 0 Å². The van der Waals surface area contributed by atoms with Crippen LogP contribution in [-0.2, 0) is 9.53 Å². The van der Waals surface area contributed by atoms with Crippen LogP contribution >= 0.6 is 0 Å². The molecule has 0 spiro atoms. The Balaban J connectivity index is 2.47. The molecule has 1 fully saturated rings. The quantitative estimate of drug-likeness (QED) is 0.617. The fraction of sp³-hybridized carbons (Fsp3) is 0.917. The first-order chi connectivity index (χ1) is 7.59. The molecule has 1 aliphatic heterocycles. The largest absolute Gasteiger partial charge is 0.463 e. The molecule has 3 atom stereocenters. The molecule has 0 aliphatic carbocycles. The highest BCUT2D eigenvalue weighted by molar-refractivity contribution is 5.70. The summed E-state index contributed by atoms with van der Waals surface area (Å²) < 4.78 is 5.13. The molecule has 1 rings (SSSR count). The minimum Gasteiger partial charge on any atom is -0.463 e. The molecule has 0 amide bonds. The van der Waals surface area contributed by atoms with E-state index in [9.17, 15) is 15.0 Å². The number of cyclic esters (lactones) is 1. The molecule has 0 radical (unpaired) electrons. The maximum atomic E-state index is 11.4. The summed E-state index contributed by atoms with van der Waals surface area (Å²) in [6.07, 6.45) is 3.56. The van der Waals surface area contributed by atoms with Crippen molar-refractivity contribution in [3.05, 3.63) is 0 Å². The fourth-order valence-corrected chi connectivity index (χ4v) is 1.97. The Hall–Kier alpha value is -0.610. The van der Waals surface area contributed by atoms with Gasteiger partial charge in [0.25, 0.3) is 0 Å². The van der Waals surface area contributed by atoms with Crippen LogP contribution in [-0.4, -0.2) is 34.5 Å². The van der Waals surface area contributed by atoms with Crippen molar-refractivity contribution in [2.45, 2.75) is 70.2 Å². The fourth-order valence-electron chi connectivity index (χ4n) is 1.97. The average Bonchev–Trinajstić information content (AvgIpc) is 2.20. The Morgan fingerprint density at radius 1 is 1.06 bits per heavy atom. The highest BCUT2D eigenvalue weighted by Crippen LogP contribution is 2.15. The minimum absolute atomic E-state index is 0.0868.